The van der Waals surface area contributed by atoms with Gasteiger partial charge < -0.3 is 14.7 Å². The van der Waals surface area contributed by atoms with Gasteiger partial charge in [-0.1, -0.05) is 36.4 Å². The Hall–Kier alpha value is -3.93. The normalized spacial score (nSPS) is 17.7. The molecule has 0 unspecified atom stereocenters. The van der Waals surface area contributed by atoms with E-state index in [4.69, 9.17) is 4.74 Å². The summed E-state index contributed by atoms with van der Waals surface area (Å²) in [5.74, 6) is -0.901. The third-order valence-corrected chi connectivity index (χ3v) is 5.23. The minimum absolute atomic E-state index is 0.0188. The molecule has 1 aromatic heterocycles. The minimum Gasteiger partial charge on any atom is -0.507 e. The zero-order chi connectivity index (χ0) is 22.7. The van der Waals surface area contributed by atoms with Gasteiger partial charge in [0.25, 0.3) is 11.7 Å². The monoisotopic (exact) mass is 428 g/mol. The van der Waals surface area contributed by atoms with Crippen molar-refractivity contribution in [2.75, 3.05) is 0 Å². The maximum absolute atomic E-state index is 13.1. The van der Waals surface area contributed by atoms with Gasteiger partial charge in [0, 0.05) is 24.5 Å². The number of hydrogen-bond acceptors (Lipinski definition) is 5. The fourth-order valence-corrected chi connectivity index (χ4v) is 3.83. The van der Waals surface area contributed by atoms with Gasteiger partial charge in [-0.3, -0.25) is 14.6 Å². The number of Topliss-reactive ketones (excluding diaryl/α,β-unsaturated/α-hetero) is 1. The van der Waals surface area contributed by atoms with E-state index in [1.165, 1.54) is 4.90 Å². The predicted molar refractivity (Wildman–Crippen MR) is 121 cm³/mol. The molecule has 2 heterocycles. The first kappa shape index (κ1) is 21.3. The molecular formula is C26H24N2O4. The highest BCUT2D eigenvalue weighted by molar-refractivity contribution is 6.46. The number of ketones is 1. The Morgan fingerprint density at radius 3 is 2.38 bits per heavy atom. The molecule has 1 saturated heterocycles. The topological polar surface area (TPSA) is 79.7 Å². The van der Waals surface area contributed by atoms with Crippen LogP contribution in [0.2, 0.25) is 0 Å². The van der Waals surface area contributed by atoms with Crippen molar-refractivity contribution in [3.8, 4) is 5.75 Å². The molecule has 6 nitrogen and oxygen atoms in total. The van der Waals surface area contributed by atoms with E-state index < -0.39 is 17.7 Å². The molecule has 0 aliphatic carbocycles. The van der Waals surface area contributed by atoms with E-state index in [0.717, 1.165) is 11.1 Å². The highest BCUT2D eigenvalue weighted by atomic mass is 16.5. The Bertz CT molecular complexity index is 1140. The van der Waals surface area contributed by atoms with Crippen LogP contribution in [-0.4, -0.2) is 32.8 Å². The SMILES string of the molecule is CC(C)Oc1ccc(/C(O)=C2\C(=O)C(=O)N(Cc3cccnc3)[C@@H]2c2ccccc2)cc1. The van der Waals surface area contributed by atoms with Crippen LogP contribution in [0.1, 0.15) is 36.6 Å². The van der Waals surface area contributed by atoms with Crippen LogP contribution in [0.25, 0.3) is 5.76 Å². The predicted octanol–water partition coefficient (Wildman–Crippen LogP) is 4.49. The second kappa shape index (κ2) is 9.06. The molecular weight excluding hydrogens is 404 g/mol. The average Bonchev–Trinajstić information content (AvgIpc) is 3.05. The summed E-state index contributed by atoms with van der Waals surface area (Å²) in [5, 5.41) is 11.1. The van der Waals surface area contributed by atoms with Gasteiger partial charge in [0.05, 0.1) is 17.7 Å². The zero-order valence-corrected chi connectivity index (χ0v) is 17.9. The van der Waals surface area contributed by atoms with Gasteiger partial charge >= 0.3 is 0 Å². The van der Waals surface area contributed by atoms with Crippen molar-refractivity contribution in [3.63, 3.8) is 0 Å². The number of nitrogens with zero attached hydrogens (tertiary/aromatic N) is 2. The summed E-state index contributed by atoms with van der Waals surface area (Å²) < 4.78 is 5.65. The number of amides is 1. The van der Waals surface area contributed by atoms with Gasteiger partial charge in [-0.2, -0.15) is 0 Å². The van der Waals surface area contributed by atoms with Gasteiger partial charge in [0.2, 0.25) is 0 Å². The fourth-order valence-electron chi connectivity index (χ4n) is 3.83. The lowest BCUT2D eigenvalue weighted by atomic mass is 9.95. The van der Waals surface area contributed by atoms with Gasteiger partial charge in [-0.05, 0) is 55.3 Å². The van der Waals surface area contributed by atoms with Gasteiger partial charge in [0.1, 0.15) is 11.5 Å². The summed E-state index contributed by atoms with van der Waals surface area (Å²) in [6.07, 6.45) is 3.33. The van der Waals surface area contributed by atoms with Crippen LogP contribution < -0.4 is 4.74 Å². The highest BCUT2D eigenvalue weighted by Gasteiger charge is 2.46. The lowest BCUT2D eigenvalue weighted by molar-refractivity contribution is -0.140. The summed E-state index contributed by atoms with van der Waals surface area (Å²) in [4.78, 5) is 31.7. The molecule has 1 aliphatic rings. The molecule has 1 amide bonds. The van der Waals surface area contributed by atoms with Crippen LogP contribution in [0.3, 0.4) is 0 Å². The van der Waals surface area contributed by atoms with E-state index >= 15 is 0 Å². The van der Waals surface area contributed by atoms with Crippen LogP contribution in [-0.2, 0) is 16.1 Å². The number of likely N-dealkylation sites (tertiary alicyclic amines) is 1. The Kier molecular flexibility index (Phi) is 6.03. The van der Waals surface area contributed by atoms with E-state index in [9.17, 15) is 14.7 Å². The highest BCUT2D eigenvalue weighted by Crippen LogP contribution is 2.40. The number of aromatic nitrogens is 1. The first-order chi connectivity index (χ1) is 15.5. The number of aliphatic hydroxyl groups excluding tert-OH is 1. The van der Waals surface area contributed by atoms with E-state index in [1.807, 2.05) is 50.2 Å². The third kappa shape index (κ3) is 4.25. The van der Waals surface area contributed by atoms with Crippen LogP contribution in [0.5, 0.6) is 5.75 Å². The number of pyridine rings is 1. The summed E-state index contributed by atoms with van der Waals surface area (Å²) in [5.41, 5.74) is 2.06. The number of hydrogen-bond donors (Lipinski definition) is 1. The van der Waals surface area contributed by atoms with Crippen LogP contribution in [0.4, 0.5) is 0 Å². The third-order valence-electron chi connectivity index (χ3n) is 5.23. The molecule has 0 radical (unpaired) electrons. The lowest BCUT2D eigenvalue weighted by Crippen LogP contribution is -2.29. The summed E-state index contributed by atoms with van der Waals surface area (Å²) in [6, 6.07) is 19.0. The molecule has 162 valence electrons. The fraction of sp³-hybridized carbons (Fsp3) is 0.192. The largest absolute Gasteiger partial charge is 0.507 e. The van der Waals surface area contributed by atoms with Gasteiger partial charge in [-0.25, -0.2) is 0 Å². The number of ether oxygens (including phenoxy) is 1. The second-order valence-electron chi connectivity index (χ2n) is 7.89. The number of carbonyl (C=O) groups excluding carboxylic acids is 2. The smallest absolute Gasteiger partial charge is 0.295 e. The van der Waals surface area contributed by atoms with E-state index in [-0.39, 0.29) is 24.0 Å². The lowest BCUT2D eigenvalue weighted by Gasteiger charge is -2.25. The summed E-state index contributed by atoms with van der Waals surface area (Å²) in [7, 11) is 0. The Morgan fingerprint density at radius 2 is 1.75 bits per heavy atom. The average molecular weight is 428 g/mol. The Morgan fingerprint density at radius 1 is 1.03 bits per heavy atom. The van der Waals surface area contributed by atoms with E-state index in [1.54, 1.807) is 42.7 Å². The maximum Gasteiger partial charge on any atom is 0.295 e. The van der Waals surface area contributed by atoms with Crippen molar-refractivity contribution in [3.05, 3.63) is 101 Å². The van der Waals surface area contributed by atoms with Crippen LogP contribution in [0, 0.1) is 0 Å². The molecule has 0 spiro atoms. The first-order valence-corrected chi connectivity index (χ1v) is 10.4. The maximum atomic E-state index is 13.1. The molecule has 1 fully saturated rings. The summed E-state index contributed by atoms with van der Waals surface area (Å²) >= 11 is 0. The standard InChI is InChI=1S/C26H24N2O4/c1-17(2)32-21-12-10-20(11-13-21)24(29)22-23(19-8-4-3-5-9-19)28(26(31)25(22)30)16-18-7-6-14-27-15-18/h3-15,17,23,29H,16H2,1-2H3/b24-22+/t23-/m1/s1. The molecule has 0 bridgehead atoms. The molecule has 32 heavy (non-hydrogen) atoms. The van der Waals surface area contributed by atoms with Crippen molar-refractivity contribution in [1.29, 1.82) is 0 Å². The molecule has 2 aromatic carbocycles. The summed E-state index contributed by atoms with van der Waals surface area (Å²) in [6.45, 7) is 4.06. The number of benzene rings is 2. The van der Waals surface area contributed by atoms with Crippen LogP contribution in [0.15, 0.2) is 84.7 Å². The Balaban J connectivity index is 1.78. The molecule has 3 aromatic rings. The van der Waals surface area contributed by atoms with Crippen molar-refractivity contribution in [2.45, 2.75) is 32.5 Å². The van der Waals surface area contributed by atoms with E-state index in [2.05, 4.69) is 4.98 Å². The second-order valence-corrected chi connectivity index (χ2v) is 7.89. The van der Waals surface area contributed by atoms with Crippen molar-refractivity contribution < 1.29 is 19.4 Å². The number of aliphatic hydroxyl groups is 1. The molecule has 4 rings (SSSR count). The molecule has 1 atom stereocenters. The quantitative estimate of drug-likeness (QED) is 0.355. The molecule has 1 N–H and O–H groups in total. The van der Waals surface area contributed by atoms with Gasteiger partial charge in [0.15, 0.2) is 0 Å². The molecule has 0 saturated carbocycles. The Labute approximate surface area is 186 Å². The van der Waals surface area contributed by atoms with Crippen molar-refractivity contribution in [2.24, 2.45) is 0 Å². The minimum atomic E-state index is -0.706. The molecule has 1 aliphatic heterocycles. The molecule has 6 heteroatoms. The van der Waals surface area contributed by atoms with Crippen molar-refractivity contribution >= 4 is 17.4 Å². The van der Waals surface area contributed by atoms with Crippen LogP contribution >= 0.6 is 0 Å². The zero-order valence-electron chi connectivity index (χ0n) is 17.9. The number of rotatable bonds is 6. The van der Waals surface area contributed by atoms with Gasteiger partial charge in [-0.15, -0.1) is 0 Å². The number of carbonyl (C=O) groups is 2. The first-order valence-electron chi connectivity index (χ1n) is 10.4. The van der Waals surface area contributed by atoms with E-state index in [0.29, 0.717) is 11.3 Å². The van der Waals surface area contributed by atoms with Crippen molar-refractivity contribution in [1.82, 2.24) is 9.88 Å².